The molecule has 0 spiro atoms. The predicted octanol–water partition coefficient (Wildman–Crippen LogP) is 4.76. The fourth-order valence-corrected chi connectivity index (χ4v) is 3.39. The summed E-state index contributed by atoms with van der Waals surface area (Å²) in [6.07, 6.45) is 0.471. The van der Waals surface area contributed by atoms with Gasteiger partial charge in [-0.15, -0.1) is 0 Å². The molecule has 2 aromatic rings. The van der Waals surface area contributed by atoms with Crippen LogP contribution in [0.2, 0.25) is 0 Å². The lowest BCUT2D eigenvalue weighted by Crippen LogP contribution is -2.39. The van der Waals surface area contributed by atoms with E-state index >= 15 is 0 Å². The number of benzene rings is 2. The summed E-state index contributed by atoms with van der Waals surface area (Å²) in [5, 5.41) is 0. The Morgan fingerprint density at radius 3 is 2.22 bits per heavy atom. The molecule has 1 aliphatic heterocycles. The summed E-state index contributed by atoms with van der Waals surface area (Å²) in [5.41, 5.74) is 2.63. The maximum Gasteiger partial charge on any atom is 0.336 e. The second-order valence-corrected chi connectivity index (χ2v) is 6.64. The summed E-state index contributed by atoms with van der Waals surface area (Å²) < 4.78 is 11.3. The average molecular weight is 363 g/mol. The van der Waals surface area contributed by atoms with Crippen LogP contribution in [0.5, 0.6) is 0 Å². The fraction of sp³-hybridized carbons (Fsp3) is 0.304. The molecule has 0 amide bonds. The van der Waals surface area contributed by atoms with Gasteiger partial charge in [0.25, 0.3) is 0 Å². The summed E-state index contributed by atoms with van der Waals surface area (Å²) in [5.74, 6) is 0.306. The van der Waals surface area contributed by atoms with Gasteiger partial charge < -0.3 is 9.47 Å². The van der Waals surface area contributed by atoms with Gasteiger partial charge in [0, 0.05) is 5.56 Å². The minimum absolute atomic E-state index is 0.321. The van der Waals surface area contributed by atoms with Gasteiger partial charge in [0.15, 0.2) is 5.90 Å². The molecule has 1 unspecified atom stereocenters. The number of hydrogen-bond acceptors (Lipinski definition) is 4. The Labute approximate surface area is 160 Å². The first-order valence-electron chi connectivity index (χ1n) is 9.33. The summed E-state index contributed by atoms with van der Waals surface area (Å²) in [4.78, 5) is 17.6. The van der Waals surface area contributed by atoms with Crippen molar-refractivity contribution in [2.75, 3.05) is 13.2 Å². The van der Waals surface area contributed by atoms with Gasteiger partial charge in [-0.2, -0.15) is 0 Å². The van der Waals surface area contributed by atoms with Crippen LogP contribution in [-0.2, 0) is 19.7 Å². The van der Waals surface area contributed by atoms with Gasteiger partial charge in [0.2, 0.25) is 0 Å². The highest BCUT2D eigenvalue weighted by molar-refractivity contribution is 6.05. The maximum absolute atomic E-state index is 12.8. The smallest absolute Gasteiger partial charge is 0.336 e. The number of rotatable bonds is 5. The number of carbonyl (C=O) groups excluding carboxylic acids is 1. The quantitative estimate of drug-likeness (QED) is 0.720. The van der Waals surface area contributed by atoms with Crippen molar-refractivity contribution in [1.82, 2.24) is 0 Å². The highest BCUT2D eigenvalue weighted by Gasteiger charge is 2.41. The SMILES string of the molecule is CCOC(=O)C1=C(c2ccccc2)N=C(OCC)C(C)(c2ccccc2)C1. The summed E-state index contributed by atoms with van der Waals surface area (Å²) >= 11 is 0. The number of esters is 1. The zero-order valence-electron chi connectivity index (χ0n) is 16.1. The van der Waals surface area contributed by atoms with E-state index in [0.29, 0.717) is 36.8 Å². The van der Waals surface area contributed by atoms with E-state index in [-0.39, 0.29) is 5.97 Å². The molecule has 2 aromatic carbocycles. The molecule has 3 rings (SSSR count). The average Bonchev–Trinajstić information content (AvgIpc) is 2.71. The first-order valence-corrected chi connectivity index (χ1v) is 9.33. The molecule has 0 fully saturated rings. The van der Waals surface area contributed by atoms with Gasteiger partial charge in [-0.25, -0.2) is 9.79 Å². The Morgan fingerprint density at radius 2 is 1.63 bits per heavy atom. The van der Waals surface area contributed by atoms with Gasteiger partial charge in [-0.05, 0) is 32.8 Å². The van der Waals surface area contributed by atoms with Crippen LogP contribution in [0, 0.1) is 0 Å². The fourth-order valence-electron chi connectivity index (χ4n) is 3.39. The molecule has 4 nitrogen and oxygen atoms in total. The molecule has 0 radical (unpaired) electrons. The van der Waals surface area contributed by atoms with E-state index in [1.165, 1.54) is 0 Å². The standard InChI is InChI=1S/C23H25NO3/c1-4-26-21(25)19-16-23(3,18-14-10-7-11-15-18)22(27-5-2)24-20(19)17-12-8-6-9-13-17/h6-15H,4-5,16H2,1-3H3. The molecule has 0 saturated carbocycles. The Bertz CT molecular complexity index is 856. The molecular weight excluding hydrogens is 338 g/mol. The first kappa shape index (κ1) is 18.9. The second-order valence-electron chi connectivity index (χ2n) is 6.64. The van der Waals surface area contributed by atoms with Crippen LogP contribution in [0.15, 0.2) is 71.2 Å². The third-order valence-electron chi connectivity index (χ3n) is 4.76. The van der Waals surface area contributed by atoms with Crippen molar-refractivity contribution < 1.29 is 14.3 Å². The lowest BCUT2D eigenvalue weighted by atomic mass is 9.74. The van der Waals surface area contributed by atoms with E-state index in [1.54, 1.807) is 0 Å². The van der Waals surface area contributed by atoms with E-state index in [2.05, 4.69) is 6.92 Å². The third kappa shape index (κ3) is 3.80. The monoisotopic (exact) mass is 363 g/mol. The maximum atomic E-state index is 12.8. The molecule has 140 valence electrons. The van der Waals surface area contributed by atoms with E-state index in [4.69, 9.17) is 14.5 Å². The molecule has 4 heteroatoms. The first-order chi connectivity index (χ1) is 13.1. The van der Waals surface area contributed by atoms with Crippen molar-refractivity contribution in [2.45, 2.75) is 32.6 Å². The van der Waals surface area contributed by atoms with Crippen molar-refractivity contribution in [2.24, 2.45) is 4.99 Å². The summed E-state index contributed by atoms with van der Waals surface area (Å²) in [7, 11) is 0. The molecule has 0 aliphatic carbocycles. The molecule has 1 heterocycles. The summed E-state index contributed by atoms with van der Waals surface area (Å²) in [6.45, 7) is 6.67. The van der Waals surface area contributed by atoms with Crippen LogP contribution in [-0.4, -0.2) is 25.1 Å². The van der Waals surface area contributed by atoms with Crippen molar-refractivity contribution in [3.63, 3.8) is 0 Å². The number of aliphatic imine (C=N–C) groups is 1. The summed E-state index contributed by atoms with van der Waals surface area (Å²) in [6, 6.07) is 19.8. The zero-order valence-corrected chi connectivity index (χ0v) is 16.1. The van der Waals surface area contributed by atoms with Gasteiger partial charge in [-0.3, -0.25) is 0 Å². The van der Waals surface area contributed by atoms with Crippen LogP contribution in [0.1, 0.15) is 38.3 Å². The molecule has 27 heavy (non-hydrogen) atoms. The lowest BCUT2D eigenvalue weighted by Gasteiger charge is -2.35. The molecule has 0 saturated heterocycles. The van der Waals surface area contributed by atoms with E-state index in [0.717, 1.165) is 11.1 Å². The van der Waals surface area contributed by atoms with Gasteiger partial charge in [0.1, 0.15) is 0 Å². The predicted molar refractivity (Wildman–Crippen MR) is 107 cm³/mol. The zero-order chi connectivity index (χ0) is 19.3. The molecule has 0 aromatic heterocycles. The van der Waals surface area contributed by atoms with Gasteiger partial charge in [-0.1, -0.05) is 60.7 Å². The molecule has 0 bridgehead atoms. The van der Waals surface area contributed by atoms with Gasteiger partial charge in [0.05, 0.1) is 29.9 Å². The normalized spacial score (nSPS) is 19.4. The van der Waals surface area contributed by atoms with Crippen LogP contribution in [0.3, 0.4) is 0 Å². The Kier molecular flexibility index (Phi) is 5.75. The van der Waals surface area contributed by atoms with Gasteiger partial charge >= 0.3 is 5.97 Å². The van der Waals surface area contributed by atoms with E-state index < -0.39 is 5.41 Å². The Balaban J connectivity index is 2.17. The van der Waals surface area contributed by atoms with Crippen LogP contribution >= 0.6 is 0 Å². The van der Waals surface area contributed by atoms with Crippen molar-refractivity contribution in [3.05, 3.63) is 77.4 Å². The molecule has 1 atom stereocenters. The van der Waals surface area contributed by atoms with Crippen LogP contribution in [0.4, 0.5) is 0 Å². The second kappa shape index (κ2) is 8.21. The van der Waals surface area contributed by atoms with Crippen LogP contribution in [0.25, 0.3) is 5.70 Å². The molecule has 0 N–H and O–H groups in total. The van der Waals surface area contributed by atoms with Crippen molar-refractivity contribution >= 4 is 17.6 Å². The third-order valence-corrected chi connectivity index (χ3v) is 4.76. The highest BCUT2D eigenvalue weighted by atomic mass is 16.5. The lowest BCUT2D eigenvalue weighted by molar-refractivity contribution is -0.138. The Hall–Kier alpha value is -2.88. The van der Waals surface area contributed by atoms with E-state index in [1.807, 2.05) is 74.5 Å². The minimum Gasteiger partial charge on any atom is -0.480 e. The van der Waals surface area contributed by atoms with E-state index in [9.17, 15) is 4.79 Å². The largest absolute Gasteiger partial charge is 0.480 e. The number of ether oxygens (including phenoxy) is 2. The number of nitrogens with zero attached hydrogens (tertiary/aromatic N) is 1. The van der Waals surface area contributed by atoms with Crippen molar-refractivity contribution in [1.29, 1.82) is 0 Å². The number of hydrogen-bond donors (Lipinski definition) is 0. The number of carbonyl (C=O) groups is 1. The topological polar surface area (TPSA) is 47.9 Å². The minimum atomic E-state index is -0.530. The van der Waals surface area contributed by atoms with Crippen LogP contribution < -0.4 is 0 Å². The Morgan fingerprint density at radius 1 is 1.00 bits per heavy atom. The van der Waals surface area contributed by atoms with Crippen molar-refractivity contribution in [3.8, 4) is 0 Å². The highest BCUT2D eigenvalue weighted by Crippen LogP contribution is 2.41. The molecule has 1 aliphatic rings. The molecular formula is C23H25NO3.